The van der Waals surface area contributed by atoms with Crippen LogP contribution in [0, 0.1) is 0 Å². The molecule has 1 aliphatic carbocycles. The molecule has 0 spiro atoms. The van der Waals surface area contributed by atoms with Crippen LogP contribution in [0.4, 0.5) is 4.39 Å². The Balaban J connectivity index is 2.08. The molecule has 118 valence electrons. The van der Waals surface area contributed by atoms with Crippen molar-refractivity contribution in [3.05, 3.63) is 77.6 Å². The van der Waals surface area contributed by atoms with Crippen LogP contribution in [0.3, 0.4) is 0 Å². The summed E-state index contributed by atoms with van der Waals surface area (Å²) < 4.78 is 13.7. The standard InChI is InChI=1S/C18H17FN2O2/c1-3-6-12(14(19)4-2)8-10-20-15-11-16(22)13-7-5-9-21-17(13)18(15)23/h3-7,9,11,20H,1,8,10H2,2H3/b12-6-,14-4+. The molecule has 0 saturated heterocycles. The van der Waals surface area contributed by atoms with E-state index in [1.165, 1.54) is 24.4 Å². The topological polar surface area (TPSA) is 59.1 Å². The van der Waals surface area contributed by atoms with Crippen LogP contribution in [-0.2, 0) is 0 Å². The SMILES string of the molecule is C=C/C=C(CCNC1=CC(=O)c2cccnc2C1=O)\C(F)=C/C. The van der Waals surface area contributed by atoms with Crippen molar-refractivity contribution < 1.29 is 14.0 Å². The number of nitrogens with zero attached hydrogens (tertiary/aromatic N) is 1. The molecule has 0 unspecified atom stereocenters. The first-order chi connectivity index (χ1) is 11.1. The van der Waals surface area contributed by atoms with E-state index in [2.05, 4.69) is 16.9 Å². The Kier molecular flexibility index (Phi) is 5.36. The fourth-order valence-corrected chi connectivity index (χ4v) is 2.26. The van der Waals surface area contributed by atoms with Crippen LogP contribution in [0.1, 0.15) is 34.2 Å². The predicted molar refractivity (Wildman–Crippen MR) is 86.7 cm³/mol. The third kappa shape index (κ3) is 3.69. The second-order valence-corrected chi connectivity index (χ2v) is 4.89. The second kappa shape index (κ2) is 7.45. The van der Waals surface area contributed by atoms with E-state index in [1.54, 1.807) is 25.1 Å². The van der Waals surface area contributed by atoms with Gasteiger partial charge in [0.15, 0.2) is 5.78 Å². The van der Waals surface area contributed by atoms with E-state index in [0.29, 0.717) is 24.1 Å². The van der Waals surface area contributed by atoms with Crippen LogP contribution in [-0.4, -0.2) is 23.1 Å². The van der Waals surface area contributed by atoms with Crippen molar-refractivity contribution in [1.82, 2.24) is 10.3 Å². The van der Waals surface area contributed by atoms with Crippen LogP contribution >= 0.6 is 0 Å². The summed E-state index contributed by atoms with van der Waals surface area (Å²) in [5, 5.41) is 2.89. The van der Waals surface area contributed by atoms with E-state index in [9.17, 15) is 14.0 Å². The zero-order valence-electron chi connectivity index (χ0n) is 12.8. The van der Waals surface area contributed by atoms with Crippen molar-refractivity contribution in [3.63, 3.8) is 0 Å². The fraction of sp³-hybridized carbons (Fsp3) is 0.167. The van der Waals surface area contributed by atoms with Crippen molar-refractivity contribution in [2.45, 2.75) is 13.3 Å². The van der Waals surface area contributed by atoms with Gasteiger partial charge in [0.05, 0.1) is 11.3 Å². The third-order valence-corrected chi connectivity index (χ3v) is 3.40. The monoisotopic (exact) mass is 312 g/mol. The number of hydrogen-bond acceptors (Lipinski definition) is 4. The van der Waals surface area contributed by atoms with Crippen LogP contribution in [0.25, 0.3) is 0 Å². The molecule has 1 aromatic heterocycles. The van der Waals surface area contributed by atoms with Crippen LogP contribution in [0.5, 0.6) is 0 Å². The van der Waals surface area contributed by atoms with E-state index in [1.807, 2.05) is 0 Å². The minimum Gasteiger partial charge on any atom is -0.381 e. The van der Waals surface area contributed by atoms with Gasteiger partial charge in [-0.15, -0.1) is 0 Å². The number of Topliss-reactive ketones (excluding diaryl/α,β-unsaturated/α-hetero) is 1. The zero-order chi connectivity index (χ0) is 16.8. The molecule has 4 nitrogen and oxygen atoms in total. The Morgan fingerprint density at radius 1 is 1.43 bits per heavy atom. The number of allylic oxidation sites excluding steroid dienone is 6. The summed E-state index contributed by atoms with van der Waals surface area (Å²) in [6.07, 6.45) is 7.54. The first-order valence-electron chi connectivity index (χ1n) is 7.22. The maximum atomic E-state index is 13.7. The van der Waals surface area contributed by atoms with Crippen molar-refractivity contribution in [2.24, 2.45) is 0 Å². The largest absolute Gasteiger partial charge is 0.381 e. The molecule has 5 heteroatoms. The van der Waals surface area contributed by atoms with E-state index in [0.717, 1.165) is 0 Å². The Bertz CT molecular complexity index is 745. The number of nitrogens with one attached hydrogen (secondary N) is 1. The van der Waals surface area contributed by atoms with Crippen LogP contribution in [0.2, 0.25) is 0 Å². The molecule has 0 amide bonds. The number of carbonyl (C=O) groups excluding carboxylic acids is 2. The number of carbonyl (C=O) groups is 2. The lowest BCUT2D eigenvalue weighted by Gasteiger charge is -2.15. The highest BCUT2D eigenvalue weighted by Crippen LogP contribution is 2.19. The number of halogens is 1. The van der Waals surface area contributed by atoms with Gasteiger partial charge in [-0.1, -0.05) is 24.8 Å². The molecule has 2 rings (SSSR count). The molecule has 0 bridgehead atoms. The van der Waals surface area contributed by atoms with Gasteiger partial charge >= 0.3 is 0 Å². The molecular formula is C18H17FN2O2. The summed E-state index contributed by atoms with van der Waals surface area (Å²) in [7, 11) is 0. The normalized spacial score (nSPS) is 15.1. The van der Waals surface area contributed by atoms with Gasteiger partial charge in [-0.2, -0.15) is 0 Å². The predicted octanol–water partition coefficient (Wildman–Crippen LogP) is 3.31. The van der Waals surface area contributed by atoms with Gasteiger partial charge in [-0.25, -0.2) is 4.39 Å². The minimum absolute atomic E-state index is 0.143. The summed E-state index contributed by atoms with van der Waals surface area (Å²) in [4.78, 5) is 28.3. The highest BCUT2D eigenvalue weighted by atomic mass is 19.1. The van der Waals surface area contributed by atoms with Crippen molar-refractivity contribution >= 4 is 11.6 Å². The molecule has 0 aliphatic heterocycles. The molecule has 0 saturated carbocycles. The van der Waals surface area contributed by atoms with E-state index < -0.39 is 0 Å². The quantitative estimate of drug-likeness (QED) is 0.819. The summed E-state index contributed by atoms with van der Waals surface area (Å²) >= 11 is 0. The Hall–Kier alpha value is -2.82. The van der Waals surface area contributed by atoms with E-state index >= 15 is 0 Å². The van der Waals surface area contributed by atoms with Gasteiger partial charge in [0.1, 0.15) is 11.5 Å². The van der Waals surface area contributed by atoms with Gasteiger partial charge < -0.3 is 5.32 Å². The highest BCUT2D eigenvalue weighted by Gasteiger charge is 2.26. The maximum Gasteiger partial charge on any atom is 0.228 e. The maximum absolute atomic E-state index is 13.7. The number of ketones is 2. The summed E-state index contributed by atoms with van der Waals surface area (Å²) in [5.74, 6) is -0.934. The summed E-state index contributed by atoms with van der Waals surface area (Å²) in [5.41, 5.74) is 1.10. The first-order valence-corrected chi connectivity index (χ1v) is 7.22. The number of hydrogen-bond donors (Lipinski definition) is 1. The molecule has 0 aromatic carbocycles. The van der Waals surface area contributed by atoms with Crippen molar-refractivity contribution in [3.8, 4) is 0 Å². The fourth-order valence-electron chi connectivity index (χ4n) is 2.26. The van der Waals surface area contributed by atoms with Gasteiger partial charge in [-0.05, 0) is 31.1 Å². The number of aromatic nitrogens is 1. The van der Waals surface area contributed by atoms with Crippen molar-refractivity contribution in [1.29, 1.82) is 0 Å². The molecule has 0 atom stereocenters. The lowest BCUT2D eigenvalue weighted by molar-refractivity contribution is 0.0974. The Labute approximate surface area is 134 Å². The first kappa shape index (κ1) is 16.5. The van der Waals surface area contributed by atoms with E-state index in [-0.39, 0.29) is 28.8 Å². The molecule has 1 heterocycles. The van der Waals surface area contributed by atoms with Crippen molar-refractivity contribution in [2.75, 3.05) is 6.54 Å². The molecule has 23 heavy (non-hydrogen) atoms. The third-order valence-electron chi connectivity index (χ3n) is 3.40. The van der Waals surface area contributed by atoms with Gasteiger partial charge in [-0.3, -0.25) is 14.6 Å². The molecule has 1 aliphatic rings. The Morgan fingerprint density at radius 3 is 2.91 bits per heavy atom. The number of fused-ring (bicyclic) bond motifs is 1. The van der Waals surface area contributed by atoms with E-state index in [4.69, 9.17) is 0 Å². The lowest BCUT2D eigenvalue weighted by Crippen LogP contribution is -2.28. The Morgan fingerprint density at radius 2 is 2.22 bits per heavy atom. The molecule has 0 fully saturated rings. The lowest BCUT2D eigenvalue weighted by atomic mass is 9.97. The highest BCUT2D eigenvalue weighted by molar-refractivity contribution is 6.23. The van der Waals surface area contributed by atoms with Crippen LogP contribution in [0.15, 0.2) is 66.3 Å². The average molecular weight is 312 g/mol. The van der Waals surface area contributed by atoms with Crippen LogP contribution < -0.4 is 5.32 Å². The average Bonchev–Trinajstić information content (AvgIpc) is 2.57. The van der Waals surface area contributed by atoms with Gasteiger partial charge in [0.25, 0.3) is 0 Å². The molecule has 1 aromatic rings. The number of pyridine rings is 1. The minimum atomic E-state index is -0.335. The molecule has 1 N–H and O–H groups in total. The second-order valence-electron chi connectivity index (χ2n) is 4.89. The summed E-state index contributed by atoms with van der Waals surface area (Å²) in [6.45, 7) is 5.47. The number of rotatable bonds is 6. The smallest absolute Gasteiger partial charge is 0.228 e. The zero-order valence-corrected chi connectivity index (χ0v) is 12.8. The molecular weight excluding hydrogens is 295 g/mol. The van der Waals surface area contributed by atoms with Gasteiger partial charge in [0.2, 0.25) is 5.78 Å². The summed E-state index contributed by atoms with van der Waals surface area (Å²) in [6, 6.07) is 3.19. The molecule has 0 radical (unpaired) electrons. The van der Waals surface area contributed by atoms with Gasteiger partial charge in [0, 0.05) is 18.8 Å².